The average Bonchev–Trinajstić information content (AvgIpc) is 2.33. The lowest BCUT2D eigenvalue weighted by Crippen LogP contribution is -2.13. The Hall–Kier alpha value is -1.88. The van der Waals surface area contributed by atoms with Crippen molar-refractivity contribution in [3.05, 3.63) is 47.4 Å². The van der Waals surface area contributed by atoms with Crippen LogP contribution in [-0.4, -0.2) is 15.8 Å². The molecular weight excluding hydrogens is 244 g/mol. The summed E-state index contributed by atoms with van der Waals surface area (Å²) >= 11 is 1.56. The molecule has 1 aromatic heterocycles. The number of nitrogens with zero attached hydrogens (tertiary/aromatic N) is 2. The van der Waals surface area contributed by atoms with Gasteiger partial charge in [0.2, 0.25) is 0 Å². The van der Waals surface area contributed by atoms with Crippen molar-refractivity contribution in [2.75, 3.05) is 0 Å². The lowest BCUT2D eigenvalue weighted by molar-refractivity contribution is 1.04. The maximum atomic E-state index is 7.25. The van der Waals surface area contributed by atoms with Gasteiger partial charge in [0.1, 0.15) is 16.6 Å². The van der Waals surface area contributed by atoms with Crippen LogP contribution in [0.5, 0.6) is 0 Å². The van der Waals surface area contributed by atoms with Gasteiger partial charge in [-0.05, 0) is 25.5 Å². The Kier molecular flexibility index (Phi) is 3.62. The maximum Gasteiger partial charge on any atom is 0.143 e. The average molecular weight is 258 g/mol. The second-order valence-electron chi connectivity index (χ2n) is 4.02. The highest BCUT2D eigenvalue weighted by molar-refractivity contribution is 7.99. The van der Waals surface area contributed by atoms with Crippen LogP contribution in [0.3, 0.4) is 0 Å². The molecule has 0 aliphatic carbocycles. The number of nitrogen functional groups attached to an aromatic ring is 1. The van der Waals surface area contributed by atoms with Crippen molar-refractivity contribution >= 4 is 17.6 Å². The van der Waals surface area contributed by atoms with E-state index in [1.807, 2.05) is 0 Å². The molecule has 18 heavy (non-hydrogen) atoms. The smallest absolute Gasteiger partial charge is 0.143 e. The number of aromatic nitrogens is 2. The number of rotatable bonds is 3. The minimum Gasteiger partial charge on any atom is -0.382 e. The van der Waals surface area contributed by atoms with Crippen molar-refractivity contribution in [2.24, 2.45) is 5.73 Å². The zero-order valence-corrected chi connectivity index (χ0v) is 11.1. The number of hydrogen-bond donors (Lipinski definition) is 2. The highest BCUT2D eigenvalue weighted by Gasteiger charge is 2.04. The van der Waals surface area contributed by atoms with Gasteiger partial charge in [-0.25, -0.2) is 9.97 Å². The summed E-state index contributed by atoms with van der Waals surface area (Å²) in [5, 5.41) is 8.05. The van der Waals surface area contributed by atoms with E-state index in [1.54, 1.807) is 18.0 Å². The predicted octanol–water partition coefficient (Wildman–Crippen LogP) is 2.53. The molecule has 0 aliphatic heterocycles. The van der Waals surface area contributed by atoms with Gasteiger partial charge in [-0.2, -0.15) is 0 Å². The summed E-state index contributed by atoms with van der Waals surface area (Å²) in [4.78, 5) is 9.48. The van der Waals surface area contributed by atoms with Gasteiger partial charge in [0, 0.05) is 4.90 Å². The van der Waals surface area contributed by atoms with Crippen LogP contribution in [0.15, 0.2) is 40.5 Å². The molecule has 5 heteroatoms. The van der Waals surface area contributed by atoms with E-state index in [9.17, 15) is 0 Å². The van der Waals surface area contributed by atoms with Gasteiger partial charge >= 0.3 is 0 Å². The molecule has 2 rings (SSSR count). The maximum absolute atomic E-state index is 7.25. The first kappa shape index (κ1) is 12.6. The number of aryl methyl sites for hydroxylation is 2. The third-order valence-corrected chi connectivity index (χ3v) is 3.55. The second-order valence-corrected chi connectivity index (χ2v) is 5.09. The summed E-state index contributed by atoms with van der Waals surface area (Å²) in [6.07, 6.45) is 3.16. The van der Waals surface area contributed by atoms with Crippen molar-refractivity contribution in [3.63, 3.8) is 0 Å². The zero-order valence-electron chi connectivity index (χ0n) is 10.3. The van der Waals surface area contributed by atoms with Crippen molar-refractivity contribution in [1.29, 1.82) is 5.41 Å². The van der Waals surface area contributed by atoms with E-state index in [1.165, 1.54) is 17.3 Å². The van der Waals surface area contributed by atoms with Crippen LogP contribution < -0.4 is 5.73 Å². The fourth-order valence-electron chi connectivity index (χ4n) is 1.53. The number of hydrogen-bond acceptors (Lipinski definition) is 4. The zero-order chi connectivity index (χ0) is 13.1. The molecule has 0 spiro atoms. The first-order valence-electron chi connectivity index (χ1n) is 5.48. The number of nitrogens with one attached hydrogen (secondary N) is 1. The quantitative estimate of drug-likeness (QED) is 0.655. The third-order valence-electron chi connectivity index (χ3n) is 2.45. The molecule has 0 fully saturated rings. The van der Waals surface area contributed by atoms with Gasteiger partial charge in [0.25, 0.3) is 0 Å². The minimum atomic E-state index is -0.0643. The Labute approximate surface area is 110 Å². The Balaban J connectivity index is 2.21. The molecular formula is C13H14N4S. The highest BCUT2D eigenvalue weighted by atomic mass is 32.2. The third kappa shape index (κ3) is 2.87. The number of benzene rings is 1. The molecule has 0 bridgehead atoms. The topological polar surface area (TPSA) is 75.7 Å². The molecule has 3 N–H and O–H groups in total. The van der Waals surface area contributed by atoms with Gasteiger partial charge in [0.05, 0.1) is 12.4 Å². The summed E-state index contributed by atoms with van der Waals surface area (Å²) in [7, 11) is 0. The van der Waals surface area contributed by atoms with E-state index in [4.69, 9.17) is 11.1 Å². The Morgan fingerprint density at radius 1 is 1.22 bits per heavy atom. The summed E-state index contributed by atoms with van der Waals surface area (Å²) in [5.74, 6) is -0.0643. The Morgan fingerprint density at radius 2 is 2.00 bits per heavy atom. The van der Waals surface area contributed by atoms with Crippen LogP contribution in [0.1, 0.15) is 16.8 Å². The molecule has 1 heterocycles. The van der Waals surface area contributed by atoms with Gasteiger partial charge in [0.15, 0.2) is 0 Å². The Morgan fingerprint density at radius 3 is 2.56 bits per heavy atom. The van der Waals surface area contributed by atoms with Gasteiger partial charge in [-0.1, -0.05) is 29.5 Å². The summed E-state index contributed by atoms with van der Waals surface area (Å²) in [6.45, 7) is 4.15. The molecule has 2 aromatic rings. The van der Waals surface area contributed by atoms with Crippen LogP contribution in [0.4, 0.5) is 0 Å². The fraction of sp³-hybridized carbons (Fsp3) is 0.154. The molecule has 0 atom stereocenters. The molecule has 4 nitrogen and oxygen atoms in total. The van der Waals surface area contributed by atoms with E-state index in [0.29, 0.717) is 5.69 Å². The van der Waals surface area contributed by atoms with Crippen molar-refractivity contribution in [3.8, 4) is 0 Å². The van der Waals surface area contributed by atoms with E-state index in [2.05, 4.69) is 42.0 Å². The van der Waals surface area contributed by atoms with E-state index < -0.39 is 0 Å². The summed E-state index contributed by atoms with van der Waals surface area (Å²) < 4.78 is 0. The van der Waals surface area contributed by atoms with E-state index in [0.717, 1.165) is 9.92 Å². The van der Waals surface area contributed by atoms with Crippen LogP contribution in [0.2, 0.25) is 0 Å². The molecule has 0 amide bonds. The minimum absolute atomic E-state index is 0.0643. The van der Waals surface area contributed by atoms with Crippen LogP contribution >= 0.6 is 11.8 Å². The van der Waals surface area contributed by atoms with Crippen molar-refractivity contribution < 1.29 is 0 Å². The monoisotopic (exact) mass is 258 g/mol. The Bertz CT molecular complexity index is 578. The highest BCUT2D eigenvalue weighted by Crippen LogP contribution is 2.28. The van der Waals surface area contributed by atoms with Gasteiger partial charge < -0.3 is 5.73 Å². The molecule has 0 aliphatic rings. The SMILES string of the molecule is Cc1ccc(Sc2cnc(C(=N)N)cn2)c(C)c1. The van der Waals surface area contributed by atoms with Crippen LogP contribution in [0, 0.1) is 19.3 Å². The summed E-state index contributed by atoms with van der Waals surface area (Å²) in [6, 6.07) is 6.29. The van der Waals surface area contributed by atoms with Gasteiger partial charge in [-0.15, -0.1) is 0 Å². The second kappa shape index (κ2) is 5.18. The lowest BCUT2D eigenvalue weighted by Gasteiger charge is -2.06. The predicted molar refractivity (Wildman–Crippen MR) is 73.1 cm³/mol. The summed E-state index contributed by atoms with van der Waals surface area (Å²) in [5.41, 5.74) is 8.20. The van der Waals surface area contributed by atoms with Crippen LogP contribution in [0.25, 0.3) is 0 Å². The molecule has 0 radical (unpaired) electrons. The molecule has 92 valence electrons. The van der Waals surface area contributed by atoms with E-state index >= 15 is 0 Å². The van der Waals surface area contributed by atoms with Crippen molar-refractivity contribution in [2.45, 2.75) is 23.8 Å². The van der Waals surface area contributed by atoms with Crippen LogP contribution in [-0.2, 0) is 0 Å². The molecule has 0 saturated heterocycles. The molecule has 1 aromatic carbocycles. The van der Waals surface area contributed by atoms with Crippen molar-refractivity contribution in [1.82, 2.24) is 9.97 Å². The van der Waals surface area contributed by atoms with Gasteiger partial charge in [-0.3, -0.25) is 5.41 Å². The van der Waals surface area contributed by atoms with E-state index in [-0.39, 0.29) is 5.84 Å². The lowest BCUT2D eigenvalue weighted by atomic mass is 10.2. The fourth-order valence-corrected chi connectivity index (χ4v) is 2.33. The largest absolute Gasteiger partial charge is 0.382 e. The number of amidine groups is 1. The first-order valence-corrected chi connectivity index (χ1v) is 6.29. The molecule has 0 saturated carbocycles. The normalized spacial score (nSPS) is 10.3. The number of nitrogens with two attached hydrogens (primary N) is 1. The first-order chi connectivity index (χ1) is 8.56. The molecule has 0 unspecified atom stereocenters. The standard InChI is InChI=1S/C13H14N4S/c1-8-3-4-11(9(2)5-8)18-12-7-16-10(6-17-12)13(14)15/h3-7H,1-2H3,(H3,14,15).